The number of carbonyl (C=O) groups excluding carboxylic acids is 1. The Kier molecular flexibility index (Phi) is 6.76. The number of benzene rings is 2. The van der Waals surface area contributed by atoms with Crippen LogP contribution in [0.2, 0.25) is 0 Å². The molecule has 2 amide bonds. The summed E-state index contributed by atoms with van der Waals surface area (Å²) in [6, 6.07) is 14.1. The summed E-state index contributed by atoms with van der Waals surface area (Å²) < 4.78 is 33.1. The lowest BCUT2D eigenvalue weighted by Crippen LogP contribution is -2.39. The summed E-state index contributed by atoms with van der Waals surface area (Å²) in [5, 5.41) is 2.93. The van der Waals surface area contributed by atoms with Crippen molar-refractivity contribution in [2.24, 2.45) is 0 Å². The summed E-state index contributed by atoms with van der Waals surface area (Å²) in [5.74, 6) is 0.242. The molecule has 1 atom stereocenters. The fraction of sp³-hybridized carbons (Fsp3) is 0.381. The van der Waals surface area contributed by atoms with Gasteiger partial charge in [-0.2, -0.15) is 8.42 Å². The number of anilines is 1. The van der Waals surface area contributed by atoms with E-state index in [0.717, 1.165) is 42.5 Å². The summed E-state index contributed by atoms with van der Waals surface area (Å²) >= 11 is 0. The summed E-state index contributed by atoms with van der Waals surface area (Å²) in [7, 11) is -3.57. The molecule has 0 saturated carbocycles. The maximum absolute atomic E-state index is 12.9. The van der Waals surface area contributed by atoms with Crippen molar-refractivity contribution < 1.29 is 22.1 Å². The second-order valence-corrected chi connectivity index (χ2v) is 8.82. The Labute approximate surface area is 171 Å². The quantitative estimate of drug-likeness (QED) is 0.695. The third kappa shape index (κ3) is 6.76. The molecule has 1 heterocycles. The van der Waals surface area contributed by atoms with Gasteiger partial charge in [0, 0.05) is 25.4 Å². The fourth-order valence-electron chi connectivity index (χ4n) is 3.14. The van der Waals surface area contributed by atoms with Gasteiger partial charge in [0.1, 0.15) is 5.75 Å². The van der Waals surface area contributed by atoms with Crippen LogP contribution < -0.4 is 9.50 Å². The lowest BCUT2D eigenvalue weighted by molar-refractivity contribution is 0.0819. The van der Waals surface area contributed by atoms with E-state index in [2.05, 4.69) is 5.32 Å². The molecule has 0 bridgehead atoms. The minimum absolute atomic E-state index is 0.0200. The van der Waals surface area contributed by atoms with Crippen LogP contribution in [-0.2, 0) is 21.4 Å². The van der Waals surface area contributed by atoms with Gasteiger partial charge in [-0.05, 0) is 49.6 Å². The monoisotopic (exact) mass is 418 g/mol. The zero-order valence-electron chi connectivity index (χ0n) is 16.6. The highest BCUT2D eigenvalue weighted by atomic mass is 32.2. The van der Waals surface area contributed by atoms with E-state index < -0.39 is 10.1 Å². The van der Waals surface area contributed by atoms with Crippen LogP contribution in [0, 0.1) is 6.92 Å². The number of urea groups is 1. The highest BCUT2D eigenvalue weighted by molar-refractivity contribution is 7.86. The van der Waals surface area contributed by atoms with Crippen molar-refractivity contribution in [2.45, 2.75) is 32.4 Å². The Morgan fingerprint density at radius 1 is 1.17 bits per heavy atom. The summed E-state index contributed by atoms with van der Waals surface area (Å²) in [4.78, 5) is 14.6. The number of rotatable bonds is 7. The maximum Gasteiger partial charge on any atom is 0.322 e. The average molecular weight is 419 g/mol. The fourth-order valence-corrected chi connectivity index (χ4v) is 3.60. The molecule has 1 fully saturated rings. The highest BCUT2D eigenvalue weighted by Gasteiger charge is 2.23. The number of nitrogens with zero attached hydrogens (tertiary/aromatic N) is 1. The van der Waals surface area contributed by atoms with E-state index in [-0.39, 0.29) is 17.9 Å². The molecule has 0 spiro atoms. The van der Waals surface area contributed by atoms with Gasteiger partial charge in [-0.25, -0.2) is 4.79 Å². The Morgan fingerprint density at radius 2 is 1.86 bits per heavy atom. The largest absolute Gasteiger partial charge is 0.383 e. The van der Waals surface area contributed by atoms with Crippen LogP contribution in [0.1, 0.15) is 24.0 Å². The first-order valence-corrected chi connectivity index (χ1v) is 11.3. The van der Waals surface area contributed by atoms with E-state index in [1.165, 1.54) is 0 Å². The van der Waals surface area contributed by atoms with Gasteiger partial charge in [0.15, 0.2) is 0 Å². The van der Waals surface area contributed by atoms with Crippen LogP contribution in [-0.4, -0.2) is 44.9 Å². The molecule has 1 aliphatic heterocycles. The van der Waals surface area contributed by atoms with Gasteiger partial charge >= 0.3 is 16.1 Å². The van der Waals surface area contributed by atoms with Gasteiger partial charge in [-0.15, -0.1) is 0 Å². The topological polar surface area (TPSA) is 84.9 Å². The SMILES string of the molecule is Cc1ccc(NC(=O)N(Cc2ccc(OS(C)(=O)=O)cc2)CC2CCCO2)cc1. The summed E-state index contributed by atoms with van der Waals surface area (Å²) in [6.45, 7) is 3.57. The average Bonchev–Trinajstić information content (AvgIpc) is 3.16. The number of carbonyl (C=O) groups is 1. The molecule has 2 aromatic carbocycles. The van der Waals surface area contributed by atoms with Crippen LogP contribution in [0.25, 0.3) is 0 Å². The smallest absolute Gasteiger partial charge is 0.322 e. The molecule has 0 aliphatic carbocycles. The Bertz CT molecular complexity index is 921. The standard InChI is InChI=1S/C21H26N2O5S/c1-16-5-9-18(10-6-16)22-21(24)23(15-20-4-3-13-27-20)14-17-7-11-19(12-8-17)28-29(2,25)26/h5-12,20H,3-4,13-15H2,1-2H3,(H,22,24). The summed E-state index contributed by atoms with van der Waals surface area (Å²) in [6.07, 6.45) is 2.94. The number of hydrogen-bond donors (Lipinski definition) is 1. The molecule has 1 saturated heterocycles. The number of aryl methyl sites for hydroxylation is 1. The number of nitrogens with one attached hydrogen (secondary N) is 1. The van der Waals surface area contributed by atoms with Crippen molar-refractivity contribution in [3.05, 3.63) is 59.7 Å². The first-order valence-electron chi connectivity index (χ1n) is 9.51. The van der Waals surface area contributed by atoms with Crippen molar-refractivity contribution in [3.63, 3.8) is 0 Å². The Balaban J connectivity index is 1.70. The molecule has 1 N–H and O–H groups in total. The molecular formula is C21H26N2O5S. The predicted molar refractivity (Wildman–Crippen MR) is 111 cm³/mol. The van der Waals surface area contributed by atoms with Crippen LogP contribution in [0.15, 0.2) is 48.5 Å². The van der Waals surface area contributed by atoms with Gasteiger partial charge in [0.25, 0.3) is 0 Å². The van der Waals surface area contributed by atoms with E-state index in [1.807, 2.05) is 31.2 Å². The van der Waals surface area contributed by atoms with Gasteiger partial charge < -0.3 is 19.1 Å². The first kappa shape index (κ1) is 21.1. The molecule has 3 rings (SSSR count). The zero-order chi connectivity index (χ0) is 20.9. The molecular weight excluding hydrogens is 392 g/mol. The van der Waals surface area contributed by atoms with Crippen molar-refractivity contribution in [1.29, 1.82) is 0 Å². The van der Waals surface area contributed by atoms with Gasteiger partial charge in [-0.1, -0.05) is 29.8 Å². The van der Waals surface area contributed by atoms with E-state index in [0.29, 0.717) is 13.1 Å². The van der Waals surface area contributed by atoms with Crippen LogP contribution in [0.5, 0.6) is 5.75 Å². The molecule has 0 aromatic heterocycles. The third-order valence-electron chi connectivity index (χ3n) is 4.58. The number of hydrogen-bond acceptors (Lipinski definition) is 5. The van der Waals surface area contributed by atoms with E-state index in [4.69, 9.17) is 8.92 Å². The number of ether oxygens (including phenoxy) is 1. The zero-order valence-corrected chi connectivity index (χ0v) is 17.4. The molecule has 8 heteroatoms. The number of amides is 2. The van der Waals surface area contributed by atoms with Crippen molar-refractivity contribution in [3.8, 4) is 5.75 Å². The lowest BCUT2D eigenvalue weighted by Gasteiger charge is -2.26. The molecule has 0 radical (unpaired) electrons. The Morgan fingerprint density at radius 3 is 2.45 bits per heavy atom. The highest BCUT2D eigenvalue weighted by Crippen LogP contribution is 2.19. The van der Waals surface area contributed by atoms with Crippen LogP contribution in [0.4, 0.5) is 10.5 Å². The molecule has 7 nitrogen and oxygen atoms in total. The van der Waals surface area contributed by atoms with Crippen LogP contribution >= 0.6 is 0 Å². The first-order chi connectivity index (χ1) is 13.8. The maximum atomic E-state index is 12.9. The molecule has 29 heavy (non-hydrogen) atoms. The molecule has 156 valence electrons. The van der Waals surface area contributed by atoms with Crippen molar-refractivity contribution in [2.75, 3.05) is 24.7 Å². The third-order valence-corrected chi connectivity index (χ3v) is 5.08. The van der Waals surface area contributed by atoms with Crippen LogP contribution in [0.3, 0.4) is 0 Å². The van der Waals surface area contributed by atoms with E-state index >= 15 is 0 Å². The molecule has 1 aliphatic rings. The normalized spacial score (nSPS) is 16.4. The van der Waals surface area contributed by atoms with Crippen molar-refractivity contribution in [1.82, 2.24) is 4.90 Å². The van der Waals surface area contributed by atoms with Crippen molar-refractivity contribution >= 4 is 21.8 Å². The lowest BCUT2D eigenvalue weighted by atomic mass is 10.2. The van der Waals surface area contributed by atoms with E-state index in [1.54, 1.807) is 29.2 Å². The molecule has 2 aromatic rings. The molecule has 1 unspecified atom stereocenters. The summed E-state index contributed by atoms with van der Waals surface area (Å²) in [5.41, 5.74) is 2.72. The van der Waals surface area contributed by atoms with Gasteiger partial charge in [0.05, 0.1) is 12.4 Å². The minimum Gasteiger partial charge on any atom is -0.383 e. The Hall–Kier alpha value is -2.58. The predicted octanol–water partition coefficient (Wildman–Crippen LogP) is 3.55. The van der Waals surface area contributed by atoms with E-state index in [9.17, 15) is 13.2 Å². The second-order valence-electron chi connectivity index (χ2n) is 7.24. The van der Waals surface area contributed by atoms with Gasteiger partial charge in [0.2, 0.25) is 0 Å². The minimum atomic E-state index is -3.57. The second kappa shape index (κ2) is 9.28. The van der Waals surface area contributed by atoms with Gasteiger partial charge in [-0.3, -0.25) is 0 Å².